The van der Waals surface area contributed by atoms with Gasteiger partial charge in [-0.1, -0.05) is 67.1 Å². The predicted molar refractivity (Wildman–Crippen MR) is 85.0 cm³/mol. The molecule has 0 saturated heterocycles. The second-order valence-corrected chi connectivity index (χ2v) is 5.93. The largest absolute Gasteiger partial charge is 0.309 e. The van der Waals surface area contributed by atoms with Gasteiger partial charge in [0.1, 0.15) is 0 Å². The summed E-state index contributed by atoms with van der Waals surface area (Å²) in [6.45, 7) is 5.38. The molecule has 1 nitrogen and oxygen atoms in total. The lowest BCUT2D eigenvalue weighted by molar-refractivity contribution is 0.439. The topological polar surface area (TPSA) is 12.0 Å². The second-order valence-electron chi connectivity index (χ2n) is 5.93. The molecule has 1 heteroatoms. The minimum absolute atomic E-state index is 0.297. The number of rotatable bonds is 5. The van der Waals surface area contributed by atoms with Gasteiger partial charge in [-0.25, -0.2) is 0 Å². The number of nitrogens with one attached hydrogen (secondary N) is 1. The standard InChI is InChI=1S/C19H23N/c1-3-20-18(16-9-7-8-15(2)14-16)19(12-13-19)17-10-5-4-6-11-17/h4-11,14,18,20H,3,12-13H2,1-2H3. The van der Waals surface area contributed by atoms with Crippen LogP contribution < -0.4 is 5.32 Å². The minimum atomic E-state index is 0.297. The number of aryl methyl sites for hydroxylation is 1. The first-order chi connectivity index (χ1) is 9.76. The van der Waals surface area contributed by atoms with Crippen molar-refractivity contribution in [3.05, 3.63) is 71.3 Å². The molecular formula is C19H23N. The molecule has 1 N–H and O–H groups in total. The molecule has 1 atom stereocenters. The van der Waals surface area contributed by atoms with E-state index in [9.17, 15) is 0 Å². The molecular weight excluding hydrogens is 242 g/mol. The van der Waals surface area contributed by atoms with Crippen LogP contribution in [0.1, 0.15) is 42.5 Å². The normalized spacial score (nSPS) is 17.7. The van der Waals surface area contributed by atoms with E-state index in [1.807, 2.05) is 0 Å². The van der Waals surface area contributed by atoms with Crippen molar-refractivity contribution in [1.29, 1.82) is 0 Å². The first-order valence-electron chi connectivity index (χ1n) is 7.62. The lowest BCUT2D eigenvalue weighted by Gasteiger charge is -2.29. The molecule has 0 aliphatic heterocycles. The fourth-order valence-electron chi connectivity index (χ4n) is 3.33. The summed E-state index contributed by atoms with van der Waals surface area (Å²) in [6.07, 6.45) is 2.56. The van der Waals surface area contributed by atoms with Crippen LogP contribution in [0.25, 0.3) is 0 Å². The third-order valence-corrected chi connectivity index (χ3v) is 4.47. The summed E-state index contributed by atoms with van der Waals surface area (Å²) in [6, 6.07) is 20.4. The molecule has 0 radical (unpaired) electrons. The Hall–Kier alpha value is -1.60. The number of hydrogen-bond acceptors (Lipinski definition) is 1. The number of benzene rings is 2. The molecule has 1 aliphatic carbocycles. The molecule has 1 saturated carbocycles. The lowest BCUT2D eigenvalue weighted by atomic mass is 9.83. The average Bonchev–Trinajstić information content (AvgIpc) is 3.27. The Labute approximate surface area is 122 Å². The van der Waals surface area contributed by atoms with Gasteiger partial charge in [0.15, 0.2) is 0 Å². The molecule has 0 spiro atoms. The van der Waals surface area contributed by atoms with Gasteiger partial charge in [0.2, 0.25) is 0 Å². The van der Waals surface area contributed by atoms with E-state index in [0.29, 0.717) is 11.5 Å². The smallest absolute Gasteiger partial charge is 0.0418 e. The molecule has 1 aliphatic rings. The summed E-state index contributed by atoms with van der Waals surface area (Å²) >= 11 is 0. The van der Waals surface area contributed by atoms with Crippen LogP contribution in [0.3, 0.4) is 0 Å². The van der Waals surface area contributed by atoms with Crippen molar-refractivity contribution in [1.82, 2.24) is 5.32 Å². The highest BCUT2D eigenvalue weighted by molar-refractivity contribution is 5.39. The van der Waals surface area contributed by atoms with Gasteiger partial charge in [-0.3, -0.25) is 0 Å². The van der Waals surface area contributed by atoms with Gasteiger partial charge in [0.05, 0.1) is 0 Å². The van der Waals surface area contributed by atoms with Gasteiger partial charge in [-0.15, -0.1) is 0 Å². The molecule has 0 aromatic heterocycles. The zero-order valence-corrected chi connectivity index (χ0v) is 12.4. The van der Waals surface area contributed by atoms with E-state index >= 15 is 0 Å². The summed E-state index contributed by atoms with van der Waals surface area (Å²) < 4.78 is 0. The van der Waals surface area contributed by atoms with E-state index in [2.05, 4.69) is 73.8 Å². The molecule has 104 valence electrons. The van der Waals surface area contributed by atoms with Crippen molar-refractivity contribution in [2.24, 2.45) is 0 Å². The van der Waals surface area contributed by atoms with Crippen LogP contribution in [0.4, 0.5) is 0 Å². The molecule has 0 bridgehead atoms. The van der Waals surface area contributed by atoms with Crippen LogP contribution >= 0.6 is 0 Å². The number of hydrogen-bond donors (Lipinski definition) is 1. The van der Waals surface area contributed by atoms with Crippen LogP contribution in [-0.4, -0.2) is 6.54 Å². The van der Waals surface area contributed by atoms with E-state index in [1.165, 1.54) is 29.5 Å². The van der Waals surface area contributed by atoms with Crippen molar-refractivity contribution in [3.63, 3.8) is 0 Å². The van der Waals surface area contributed by atoms with E-state index in [1.54, 1.807) is 0 Å². The minimum Gasteiger partial charge on any atom is -0.309 e. The Balaban J connectivity index is 1.99. The highest BCUT2D eigenvalue weighted by atomic mass is 14.9. The summed E-state index contributed by atoms with van der Waals surface area (Å²) in [7, 11) is 0. The maximum atomic E-state index is 3.73. The van der Waals surface area contributed by atoms with Gasteiger partial charge in [0, 0.05) is 11.5 Å². The predicted octanol–water partition coefficient (Wildman–Crippen LogP) is 4.38. The lowest BCUT2D eigenvalue weighted by Crippen LogP contribution is -2.32. The van der Waals surface area contributed by atoms with Crippen LogP contribution in [0.15, 0.2) is 54.6 Å². The zero-order valence-electron chi connectivity index (χ0n) is 12.4. The van der Waals surface area contributed by atoms with Crippen LogP contribution in [0.2, 0.25) is 0 Å². The molecule has 1 fully saturated rings. The maximum absolute atomic E-state index is 3.73. The highest BCUT2D eigenvalue weighted by Gasteiger charge is 2.50. The molecule has 2 aromatic rings. The van der Waals surface area contributed by atoms with Gasteiger partial charge in [-0.2, -0.15) is 0 Å². The molecule has 1 unspecified atom stereocenters. The van der Waals surface area contributed by atoms with Crippen molar-refractivity contribution >= 4 is 0 Å². The number of likely N-dealkylation sites (N-methyl/N-ethyl adjacent to an activating group) is 1. The Morgan fingerprint density at radius 3 is 2.40 bits per heavy atom. The molecule has 0 amide bonds. The third kappa shape index (κ3) is 2.38. The van der Waals surface area contributed by atoms with Crippen molar-refractivity contribution in [3.8, 4) is 0 Å². The summed E-state index contributed by atoms with van der Waals surface area (Å²) in [5, 5.41) is 3.73. The van der Waals surface area contributed by atoms with Crippen LogP contribution in [0, 0.1) is 6.92 Å². The summed E-state index contributed by atoms with van der Waals surface area (Å²) in [5.41, 5.74) is 4.54. The Morgan fingerprint density at radius 2 is 1.80 bits per heavy atom. The molecule has 20 heavy (non-hydrogen) atoms. The van der Waals surface area contributed by atoms with E-state index in [0.717, 1.165) is 6.54 Å². The van der Waals surface area contributed by atoms with Gasteiger partial charge < -0.3 is 5.32 Å². The Bertz CT molecular complexity index is 569. The SMILES string of the molecule is CCNC(c1cccc(C)c1)C1(c2ccccc2)CC1. The van der Waals surface area contributed by atoms with Gasteiger partial charge >= 0.3 is 0 Å². The summed E-state index contributed by atoms with van der Waals surface area (Å²) in [5.74, 6) is 0. The fourth-order valence-corrected chi connectivity index (χ4v) is 3.33. The van der Waals surface area contributed by atoms with Crippen molar-refractivity contribution in [2.75, 3.05) is 6.54 Å². The molecule has 0 heterocycles. The van der Waals surface area contributed by atoms with Crippen molar-refractivity contribution in [2.45, 2.75) is 38.1 Å². The quantitative estimate of drug-likeness (QED) is 0.846. The molecule has 3 rings (SSSR count). The maximum Gasteiger partial charge on any atom is 0.0418 e. The first kappa shape index (κ1) is 13.4. The second kappa shape index (κ2) is 5.41. The van der Waals surface area contributed by atoms with E-state index in [4.69, 9.17) is 0 Å². The van der Waals surface area contributed by atoms with Crippen molar-refractivity contribution < 1.29 is 0 Å². The molecule has 2 aromatic carbocycles. The Kier molecular flexibility index (Phi) is 3.62. The van der Waals surface area contributed by atoms with Crippen LogP contribution in [-0.2, 0) is 5.41 Å². The average molecular weight is 265 g/mol. The zero-order chi connectivity index (χ0) is 14.0. The van der Waals surface area contributed by atoms with E-state index < -0.39 is 0 Å². The van der Waals surface area contributed by atoms with Gasteiger partial charge in [-0.05, 0) is 37.4 Å². The van der Waals surface area contributed by atoms with Gasteiger partial charge in [0.25, 0.3) is 0 Å². The van der Waals surface area contributed by atoms with E-state index in [-0.39, 0.29) is 0 Å². The highest BCUT2D eigenvalue weighted by Crippen LogP contribution is 2.56. The fraction of sp³-hybridized carbons (Fsp3) is 0.368. The Morgan fingerprint density at radius 1 is 1.05 bits per heavy atom. The monoisotopic (exact) mass is 265 g/mol. The van der Waals surface area contributed by atoms with Crippen LogP contribution in [0.5, 0.6) is 0 Å². The third-order valence-electron chi connectivity index (χ3n) is 4.47. The first-order valence-corrected chi connectivity index (χ1v) is 7.62. The summed E-state index contributed by atoms with van der Waals surface area (Å²) in [4.78, 5) is 0.